The third kappa shape index (κ3) is 4.49. The van der Waals surface area contributed by atoms with Gasteiger partial charge in [-0.2, -0.15) is 0 Å². The van der Waals surface area contributed by atoms with Crippen LogP contribution in [0.4, 0.5) is 0 Å². The Morgan fingerprint density at radius 2 is 2.04 bits per heavy atom. The highest BCUT2D eigenvalue weighted by molar-refractivity contribution is 5.82. The highest BCUT2D eigenvalue weighted by Gasteiger charge is 2.17. The number of ether oxygens (including phenoxy) is 2. The van der Waals surface area contributed by atoms with Crippen LogP contribution in [0.5, 0.6) is 11.6 Å². The van der Waals surface area contributed by atoms with E-state index in [1.165, 1.54) is 6.21 Å². The predicted molar refractivity (Wildman–Crippen MR) is 105 cm³/mol. The highest BCUT2D eigenvalue weighted by Crippen LogP contribution is 2.25. The Morgan fingerprint density at radius 3 is 2.79 bits per heavy atom. The average molecular weight is 388 g/mol. The zero-order valence-electron chi connectivity index (χ0n) is 15.8. The van der Waals surface area contributed by atoms with Crippen molar-refractivity contribution < 1.29 is 14.6 Å². The minimum atomic E-state index is -0.750. The third-order valence-electron chi connectivity index (χ3n) is 4.40. The Bertz CT molecular complexity index is 944. The monoisotopic (exact) mass is 388 g/mol. The van der Waals surface area contributed by atoms with E-state index in [1.807, 2.05) is 6.92 Å². The van der Waals surface area contributed by atoms with Crippen molar-refractivity contribution in [1.29, 1.82) is 0 Å². The fourth-order valence-corrected chi connectivity index (χ4v) is 2.98. The van der Waals surface area contributed by atoms with Crippen molar-refractivity contribution in [3.63, 3.8) is 0 Å². The third-order valence-corrected chi connectivity index (χ3v) is 4.40. The van der Waals surface area contributed by atoms with Gasteiger partial charge in [-0.25, -0.2) is 9.36 Å². The average Bonchev–Trinajstić information content (AvgIpc) is 2.69. The maximum absolute atomic E-state index is 12.3. The van der Waals surface area contributed by atoms with Crippen molar-refractivity contribution in [1.82, 2.24) is 14.5 Å². The molecule has 9 heteroatoms. The number of aromatic hydroxyl groups is 1. The number of nitrogens with one attached hydrogen (secondary N) is 1. The molecule has 0 aliphatic carbocycles. The van der Waals surface area contributed by atoms with Gasteiger partial charge in [0, 0.05) is 25.8 Å². The molecule has 1 aliphatic heterocycles. The number of aliphatic imine (C=N–C) groups is 1. The van der Waals surface area contributed by atoms with Crippen LogP contribution in [0.1, 0.15) is 12.5 Å². The van der Waals surface area contributed by atoms with E-state index in [0.29, 0.717) is 37.8 Å². The van der Waals surface area contributed by atoms with Crippen molar-refractivity contribution in [2.24, 2.45) is 4.99 Å². The molecule has 3 rings (SSSR count). The number of aromatic nitrogens is 2. The molecule has 1 aromatic carbocycles. The van der Waals surface area contributed by atoms with Gasteiger partial charge in [0.1, 0.15) is 11.3 Å². The normalized spacial score (nSPS) is 15.2. The van der Waals surface area contributed by atoms with E-state index in [4.69, 9.17) is 9.47 Å². The predicted octanol–water partition coefficient (Wildman–Crippen LogP) is 0.381. The quantitative estimate of drug-likeness (QED) is 0.664. The van der Waals surface area contributed by atoms with Crippen molar-refractivity contribution in [3.05, 3.63) is 50.7 Å². The van der Waals surface area contributed by atoms with Crippen molar-refractivity contribution in [2.45, 2.75) is 6.92 Å². The number of benzene rings is 1. The summed E-state index contributed by atoms with van der Waals surface area (Å²) in [5, 5.41) is 10.6. The molecule has 150 valence electrons. The second-order valence-corrected chi connectivity index (χ2v) is 6.22. The van der Waals surface area contributed by atoms with Crippen LogP contribution in [0.3, 0.4) is 0 Å². The Balaban J connectivity index is 1.87. The molecule has 1 aliphatic rings. The number of hydrogen-bond acceptors (Lipinski definition) is 7. The molecular formula is C19H24N4O5. The summed E-state index contributed by atoms with van der Waals surface area (Å²) >= 11 is 0. The number of hydrogen-bond donors (Lipinski definition) is 2. The number of rotatable bonds is 7. The van der Waals surface area contributed by atoms with Gasteiger partial charge in [-0.3, -0.25) is 19.7 Å². The Hall–Kier alpha value is -2.91. The molecule has 0 radical (unpaired) electrons. The molecule has 2 N–H and O–H groups in total. The van der Waals surface area contributed by atoms with Crippen LogP contribution in [0, 0.1) is 0 Å². The van der Waals surface area contributed by atoms with Crippen LogP contribution in [0.15, 0.2) is 38.8 Å². The van der Waals surface area contributed by atoms with Crippen LogP contribution < -0.4 is 16.0 Å². The zero-order chi connectivity index (χ0) is 19.9. The van der Waals surface area contributed by atoms with Gasteiger partial charge in [0.15, 0.2) is 0 Å². The number of para-hydroxylation sites is 2. The van der Waals surface area contributed by atoms with E-state index >= 15 is 0 Å². The molecule has 1 saturated heterocycles. The SMILES string of the molecule is CCOc1ccccc1-n1c(O)c(C=NCCN2CCOCC2)c(=O)[nH]c1=O. The first kappa shape index (κ1) is 19.8. The van der Waals surface area contributed by atoms with E-state index in [-0.39, 0.29) is 5.56 Å². The molecule has 0 spiro atoms. The van der Waals surface area contributed by atoms with E-state index in [1.54, 1.807) is 24.3 Å². The standard InChI is InChI=1S/C19H24N4O5/c1-2-28-16-6-4-3-5-15(16)23-18(25)14(17(24)21-19(23)26)13-20-7-8-22-9-11-27-12-10-22/h3-6,13,25H,2,7-12H2,1H3,(H,21,24,26). The molecule has 0 amide bonds. The fourth-order valence-electron chi connectivity index (χ4n) is 2.98. The fraction of sp³-hybridized carbons (Fsp3) is 0.421. The minimum Gasteiger partial charge on any atom is -0.493 e. The van der Waals surface area contributed by atoms with Gasteiger partial charge in [0.25, 0.3) is 5.56 Å². The molecule has 28 heavy (non-hydrogen) atoms. The summed E-state index contributed by atoms with van der Waals surface area (Å²) in [4.78, 5) is 33.2. The topological polar surface area (TPSA) is 109 Å². The number of morpholine rings is 1. The Kier molecular flexibility index (Phi) is 6.62. The largest absolute Gasteiger partial charge is 0.493 e. The lowest BCUT2D eigenvalue weighted by Crippen LogP contribution is -2.37. The Morgan fingerprint density at radius 1 is 1.29 bits per heavy atom. The Labute approximate surface area is 161 Å². The van der Waals surface area contributed by atoms with Gasteiger partial charge in [-0.05, 0) is 19.1 Å². The maximum Gasteiger partial charge on any atom is 0.335 e. The number of H-pyrrole nitrogens is 1. The molecule has 0 bridgehead atoms. The summed E-state index contributed by atoms with van der Waals surface area (Å²) in [5.41, 5.74) is -1.18. The van der Waals surface area contributed by atoms with Crippen molar-refractivity contribution in [3.8, 4) is 17.3 Å². The minimum absolute atomic E-state index is 0.0760. The zero-order valence-corrected chi connectivity index (χ0v) is 15.8. The summed E-state index contributed by atoms with van der Waals surface area (Å²) in [5.74, 6) is -0.0549. The first-order valence-electron chi connectivity index (χ1n) is 9.22. The lowest BCUT2D eigenvalue weighted by Gasteiger charge is -2.25. The van der Waals surface area contributed by atoms with Crippen molar-refractivity contribution >= 4 is 6.21 Å². The van der Waals surface area contributed by atoms with Crippen molar-refractivity contribution in [2.75, 3.05) is 46.0 Å². The lowest BCUT2D eigenvalue weighted by molar-refractivity contribution is 0.0395. The maximum atomic E-state index is 12.3. The van der Waals surface area contributed by atoms with Crippen LogP contribution in [0.25, 0.3) is 5.69 Å². The van der Waals surface area contributed by atoms with Gasteiger partial charge in [0.05, 0.1) is 32.1 Å². The van der Waals surface area contributed by atoms with E-state index < -0.39 is 17.1 Å². The molecule has 9 nitrogen and oxygen atoms in total. The number of aromatic amines is 1. The van der Waals surface area contributed by atoms with Crippen LogP contribution in [-0.2, 0) is 4.74 Å². The molecule has 0 saturated carbocycles. The van der Waals surface area contributed by atoms with Gasteiger partial charge in [-0.1, -0.05) is 12.1 Å². The second kappa shape index (κ2) is 9.34. The second-order valence-electron chi connectivity index (χ2n) is 6.22. The molecule has 2 aromatic rings. The van der Waals surface area contributed by atoms with Crippen LogP contribution >= 0.6 is 0 Å². The van der Waals surface area contributed by atoms with Crippen LogP contribution in [0.2, 0.25) is 0 Å². The molecule has 0 unspecified atom stereocenters. The van der Waals surface area contributed by atoms with E-state index in [9.17, 15) is 14.7 Å². The van der Waals surface area contributed by atoms with Gasteiger partial charge in [0.2, 0.25) is 5.88 Å². The summed E-state index contributed by atoms with van der Waals surface area (Å²) in [7, 11) is 0. The van der Waals surface area contributed by atoms with Gasteiger partial charge >= 0.3 is 5.69 Å². The summed E-state index contributed by atoms with van der Waals surface area (Å²) in [6.45, 7) is 6.51. The van der Waals surface area contributed by atoms with E-state index in [2.05, 4.69) is 14.9 Å². The molecule has 2 heterocycles. The molecular weight excluding hydrogens is 364 g/mol. The number of nitrogens with zero attached hydrogens (tertiary/aromatic N) is 3. The summed E-state index contributed by atoms with van der Waals surface area (Å²) in [6, 6.07) is 6.79. The molecule has 0 atom stereocenters. The summed E-state index contributed by atoms with van der Waals surface area (Å²) < 4.78 is 11.8. The van der Waals surface area contributed by atoms with Gasteiger partial charge in [-0.15, -0.1) is 0 Å². The summed E-state index contributed by atoms with van der Waals surface area (Å²) in [6.07, 6.45) is 1.30. The first-order chi connectivity index (χ1) is 13.6. The smallest absolute Gasteiger partial charge is 0.335 e. The lowest BCUT2D eigenvalue weighted by atomic mass is 10.2. The van der Waals surface area contributed by atoms with Crippen LogP contribution in [-0.4, -0.2) is 71.8 Å². The van der Waals surface area contributed by atoms with Gasteiger partial charge < -0.3 is 14.6 Å². The highest BCUT2D eigenvalue weighted by atomic mass is 16.5. The first-order valence-corrected chi connectivity index (χ1v) is 9.22. The molecule has 1 fully saturated rings. The molecule has 1 aromatic heterocycles. The van der Waals surface area contributed by atoms with E-state index in [0.717, 1.165) is 24.2 Å².